The summed E-state index contributed by atoms with van der Waals surface area (Å²) in [7, 11) is 0. The van der Waals surface area contributed by atoms with E-state index in [9.17, 15) is 0 Å². The first kappa shape index (κ1) is 11.4. The lowest BCUT2D eigenvalue weighted by Gasteiger charge is -2.22. The van der Waals surface area contributed by atoms with Gasteiger partial charge in [0.1, 0.15) is 5.82 Å². The van der Waals surface area contributed by atoms with Crippen molar-refractivity contribution >= 4 is 0 Å². The number of ether oxygens (including phenoxy) is 1. The Bertz CT molecular complexity index is 491. The molecule has 18 heavy (non-hydrogen) atoms. The molecule has 1 saturated heterocycles. The summed E-state index contributed by atoms with van der Waals surface area (Å²) in [6, 6.07) is 6.20. The van der Waals surface area contributed by atoms with Crippen molar-refractivity contribution in [3.05, 3.63) is 36.4 Å². The smallest absolute Gasteiger partial charge is 0.108 e. The molecule has 0 spiro atoms. The topological polar surface area (TPSA) is 62.8 Å². The fourth-order valence-electron chi connectivity index (χ4n) is 2.10. The molecule has 1 aliphatic rings. The number of aromatic amines is 1. The second kappa shape index (κ2) is 5.29. The summed E-state index contributed by atoms with van der Waals surface area (Å²) in [6.45, 7) is 2.46. The van der Waals surface area contributed by atoms with Crippen LogP contribution in [0.1, 0.15) is 5.82 Å². The molecule has 1 atom stereocenters. The van der Waals surface area contributed by atoms with Crippen molar-refractivity contribution in [2.45, 2.75) is 12.5 Å². The predicted octanol–water partition coefficient (Wildman–Crippen LogP) is 1.00. The van der Waals surface area contributed by atoms with Crippen molar-refractivity contribution < 1.29 is 4.74 Å². The second-order valence-electron chi connectivity index (χ2n) is 4.39. The van der Waals surface area contributed by atoms with Crippen LogP contribution in [-0.2, 0) is 11.2 Å². The number of hydrogen-bond donors (Lipinski definition) is 2. The number of H-pyrrole nitrogens is 1. The molecule has 3 rings (SSSR count). The molecule has 0 amide bonds. The number of imidazole rings is 1. The van der Waals surface area contributed by atoms with E-state index in [1.807, 2.05) is 24.4 Å². The third-order valence-corrected chi connectivity index (χ3v) is 3.01. The van der Waals surface area contributed by atoms with Gasteiger partial charge in [-0.05, 0) is 12.1 Å². The van der Waals surface area contributed by atoms with Gasteiger partial charge in [-0.15, -0.1) is 0 Å². The molecule has 5 heteroatoms. The molecule has 1 aliphatic heterocycles. The lowest BCUT2D eigenvalue weighted by atomic mass is 10.2. The highest BCUT2D eigenvalue weighted by atomic mass is 16.5. The molecule has 2 aromatic rings. The first-order valence-corrected chi connectivity index (χ1v) is 6.18. The standard InChI is InChI=1S/C13H16N4O/c1-2-4-15-11(3-1)12-8-16-13(17-12)7-10-9-18-6-5-14-10/h1-4,8,10,14H,5-7,9H2,(H,16,17). The fourth-order valence-corrected chi connectivity index (χ4v) is 2.10. The molecular weight excluding hydrogens is 228 g/mol. The molecule has 0 bridgehead atoms. The van der Waals surface area contributed by atoms with Crippen LogP contribution in [0.25, 0.3) is 11.4 Å². The Kier molecular flexibility index (Phi) is 3.34. The summed E-state index contributed by atoms with van der Waals surface area (Å²) in [5, 5.41) is 3.42. The number of morpholine rings is 1. The molecule has 0 aliphatic carbocycles. The summed E-state index contributed by atoms with van der Waals surface area (Å²) in [4.78, 5) is 12.0. The van der Waals surface area contributed by atoms with Gasteiger partial charge in [-0.2, -0.15) is 0 Å². The summed E-state index contributed by atoms with van der Waals surface area (Å²) in [6.07, 6.45) is 4.47. The largest absolute Gasteiger partial charge is 0.379 e. The van der Waals surface area contributed by atoms with Crippen LogP contribution in [0.4, 0.5) is 0 Å². The molecule has 2 aromatic heterocycles. The van der Waals surface area contributed by atoms with Crippen molar-refractivity contribution in [2.24, 2.45) is 0 Å². The van der Waals surface area contributed by atoms with Crippen LogP contribution in [0.5, 0.6) is 0 Å². The zero-order valence-corrected chi connectivity index (χ0v) is 10.1. The highest BCUT2D eigenvalue weighted by Crippen LogP contribution is 2.14. The summed E-state index contributed by atoms with van der Waals surface area (Å²) >= 11 is 0. The maximum Gasteiger partial charge on any atom is 0.108 e. The average molecular weight is 244 g/mol. The van der Waals surface area contributed by atoms with E-state index < -0.39 is 0 Å². The van der Waals surface area contributed by atoms with Crippen molar-refractivity contribution in [2.75, 3.05) is 19.8 Å². The van der Waals surface area contributed by atoms with Crippen LogP contribution >= 0.6 is 0 Å². The van der Waals surface area contributed by atoms with Gasteiger partial charge >= 0.3 is 0 Å². The Balaban J connectivity index is 1.69. The number of nitrogens with zero attached hydrogens (tertiary/aromatic N) is 2. The van der Waals surface area contributed by atoms with Gasteiger partial charge in [-0.1, -0.05) is 6.07 Å². The molecule has 3 heterocycles. The normalized spacial score (nSPS) is 19.9. The Hall–Kier alpha value is -1.72. The highest BCUT2D eigenvalue weighted by molar-refractivity contribution is 5.52. The number of rotatable bonds is 3. The Morgan fingerprint density at radius 2 is 2.33 bits per heavy atom. The Morgan fingerprint density at radius 3 is 3.11 bits per heavy atom. The minimum absolute atomic E-state index is 0.349. The number of aromatic nitrogens is 3. The van der Waals surface area contributed by atoms with E-state index in [2.05, 4.69) is 20.3 Å². The molecular formula is C13H16N4O. The SMILES string of the molecule is c1ccc(-c2cnc(CC3COCCN3)[nH]2)nc1. The molecule has 5 nitrogen and oxygen atoms in total. The fraction of sp³-hybridized carbons (Fsp3) is 0.385. The van der Waals surface area contributed by atoms with E-state index in [1.165, 1.54) is 0 Å². The first-order chi connectivity index (χ1) is 8.92. The minimum atomic E-state index is 0.349. The van der Waals surface area contributed by atoms with Crippen LogP contribution < -0.4 is 5.32 Å². The number of pyridine rings is 1. The van der Waals surface area contributed by atoms with Crippen molar-refractivity contribution in [1.29, 1.82) is 0 Å². The lowest BCUT2D eigenvalue weighted by Crippen LogP contribution is -2.42. The Morgan fingerprint density at radius 1 is 1.33 bits per heavy atom. The van der Waals surface area contributed by atoms with Crippen LogP contribution in [0, 0.1) is 0 Å². The third-order valence-electron chi connectivity index (χ3n) is 3.01. The quantitative estimate of drug-likeness (QED) is 0.845. The van der Waals surface area contributed by atoms with E-state index >= 15 is 0 Å². The van der Waals surface area contributed by atoms with Crippen LogP contribution in [0.3, 0.4) is 0 Å². The van der Waals surface area contributed by atoms with Gasteiger partial charge in [-0.3, -0.25) is 4.98 Å². The van der Waals surface area contributed by atoms with Crippen molar-refractivity contribution in [3.63, 3.8) is 0 Å². The van der Waals surface area contributed by atoms with E-state index in [0.29, 0.717) is 6.04 Å². The molecule has 0 radical (unpaired) electrons. The molecule has 1 fully saturated rings. The molecule has 94 valence electrons. The maximum absolute atomic E-state index is 5.43. The zero-order valence-electron chi connectivity index (χ0n) is 10.1. The van der Waals surface area contributed by atoms with Crippen molar-refractivity contribution in [1.82, 2.24) is 20.3 Å². The van der Waals surface area contributed by atoms with Crippen molar-refractivity contribution in [3.8, 4) is 11.4 Å². The minimum Gasteiger partial charge on any atom is -0.379 e. The first-order valence-electron chi connectivity index (χ1n) is 6.18. The Labute approximate surface area is 106 Å². The van der Waals surface area contributed by atoms with Gasteiger partial charge in [0.2, 0.25) is 0 Å². The van der Waals surface area contributed by atoms with Gasteiger partial charge < -0.3 is 15.0 Å². The zero-order chi connectivity index (χ0) is 12.2. The van der Waals surface area contributed by atoms with Crippen LogP contribution in [0.2, 0.25) is 0 Å². The predicted molar refractivity (Wildman–Crippen MR) is 68.1 cm³/mol. The van der Waals surface area contributed by atoms with E-state index in [1.54, 1.807) is 6.20 Å². The number of hydrogen-bond acceptors (Lipinski definition) is 4. The third kappa shape index (κ3) is 2.57. The van der Waals surface area contributed by atoms with E-state index in [-0.39, 0.29) is 0 Å². The van der Waals surface area contributed by atoms with Gasteiger partial charge in [0.05, 0.1) is 30.8 Å². The van der Waals surface area contributed by atoms with Crippen LogP contribution in [-0.4, -0.2) is 40.8 Å². The average Bonchev–Trinajstić information content (AvgIpc) is 2.89. The molecule has 0 aromatic carbocycles. The molecule has 1 unspecified atom stereocenters. The van der Waals surface area contributed by atoms with Gasteiger partial charge in [0.15, 0.2) is 0 Å². The van der Waals surface area contributed by atoms with Gasteiger partial charge in [-0.25, -0.2) is 4.98 Å². The lowest BCUT2D eigenvalue weighted by molar-refractivity contribution is 0.0764. The second-order valence-corrected chi connectivity index (χ2v) is 4.39. The van der Waals surface area contributed by atoms with E-state index in [0.717, 1.165) is 43.4 Å². The summed E-state index contributed by atoms with van der Waals surface area (Å²) in [5.41, 5.74) is 1.88. The van der Waals surface area contributed by atoms with Crippen LogP contribution in [0.15, 0.2) is 30.6 Å². The van der Waals surface area contributed by atoms with E-state index in [4.69, 9.17) is 4.74 Å². The van der Waals surface area contributed by atoms with Gasteiger partial charge in [0, 0.05) is 25.2 Å². The monoisotopic (exact) mass is 244 g/mol. The number of nitrogens with one attached hydrogen (secondary N) is 2. The van der Waals surface area contributed by atoms with Gasteiger partial charge in [0.25, 0.3) is 0 Å². The molecule has 2 N–H and O–H groups in total. The maximum atomic E-state index is 5.43. The summed E-state index contributed by atoms with van der Waals surface area (Å²) in [5.74, 6) is 0.971. The highest BCUT2D eigenvalue weighted by Gasteiger charge is 2.15. The molecule has 0 saturated carbocycles. The summed E-state index contributed by atoms with van der Waals surface area (Å²) < 4.78 is 5.43.